The zero-order valence-corrected chi connectivity index (χ0v) is 70.3. The first-order chi connectivity index (χ1) is 59.1. The number of hydrogen-bond acceptors (Lipinski definition) is 30. The van der Waals surface area contributed by atoms with Gasteiger partial charge in [-0.1, -0.05) is 0 Å². The summed E-state index contributed by atoms with van der Waals surface area (Å²) < 4.78 is 31.1. The summed E-state index contributed by atoms with van der Waals surface area (Å²) in [6.07, 6.45) is 1.74. The Hall–Kier alpha value is -11.1. The van der Waals surface area contributed by atoms with E-state index in [1.54, 1.807) is 0 Å². The van der Waals surface area contributed by atoms with Crippen molar-refractivity contribution in [1.82, 2.24) is 95.1 Å². The minimum atomic E-state index is -1.33. The highest BCUT2D eigenvalue weighted by Gasteiger charge is 2.30. The number of urea groups is 4. The standard InChI is InChI=1S/C73H120N18O30S2/c92-49-120-62(11-13-66(104)105)88-72(114)86-54(68(108)109)9-1-3-23-82-70(112)84-35-43-116-37-5-7-52(94)15-25-74-27-17-56(96)78-31-39-118-41-33-80-58(98)19-29-76-60(100)47-90-64(102)21-45-122-51-123-46-22-65(103)91(90)48-61(101)77-30-20-59(99)81-34-42-119-40-32-79-57(97)18-28-75-26-16-53(95)8-6-38-117-44-36-85-71(113)83-24-4-2-10-55(69(110)111)87-73(115)89-63(121-50-93)12-14-67(106)107/h21-22,45-46,49-50,54-55,62-63,74-75H,1-20,23-44,47-48,51H2,(H,76,100)(H,77,101)(H,78,96)(H,79,97)(H,80,98)(H,81,99)(H,104,105)(H,106,107)(H,108,109)(H,110,111)(H2,82,84,112)(H2,83,85,113)(H2,86,88,114)(H2,87,89,115)/b45-21+,46-22+/t54-,55-,62+,63+/m0/s1. The van der Waals surface area contributed by atoms with Crippen LogP contribution in [0.25, 0.3) is 0 Å². The first-order valence-electron chi connectivity index (χ1n) is 39.9. The van der Waals surface area contributed by atoms with Gasteiger partial charge in [0.15, 0.2) is 12.5 Å². The number of carboxylic acid groups (broad SMARTS) is 4. The van der Waals surface area contributed by atoms with Crippen LogP contribution in [0.15, 0.2) is 23.0 Å². The van der Waals surface area contributed by atoms with Crippen molar-refractivity contribution in [1.29, 1.82) is 0 Å². The molecule has 0 aromatic rings. The summed E-state index contributed by atoms with van der Waals surface area (Å²) in [6.45, 7) is 2.50. The van der Waals surface area contributed by atoms with Crippen LogP contribution < -0.4 is 85.1 Å². The Labute approximate surface area is 718 Å². The zero-order valence-electron chi connectivity index (χ0n) is 68.7. The van der Waals surface area contributed by atoms with Gasteiger partial charge in [0.25, 0.3) is 24.8 Å². The van der Waals surface area contributed by atoms with Crippen molar-refractivity contribution in [2.45, 2.75) is 153 Å². The Morgan fingerprint density at radius 1 is 0.341 bits per heavy atom. The van der Waals surface area contributed by atoms with E-state index in [1.807, 2.05) is 0 Å². The number of nitrogens with one attached hydrogen (secondary N) is 16. The first-order valence-corrected chi connectivity index (χ1v) is 42.0. The maximum Gasteiger partial charge on any atom is 0.326 e. The molecule has 0 aromatic heterocycles. The fraction of sp³-hybridized carbons (Fsp3) is 0.671. The van der Waals surface area contributed by atoms with Crippen molar-refractivity contribution in [2.75, 3.05) is 163 Å². The molecule has 0 aromatic carbocycles. The second kappa shape index (κ2) is 72.6. The van der Waals surface area contributed by atoms with Crippen molar-refractivity contribution in [3.05, 3.63) is 23.0 Å². The number of rotatable bonds is 74. The number of nitrogens with zero attached hydrogens (tertiary/aromatic N) is 2. The van der Waals surface area contributed by atoms with E-state index < -0.39 is 134 Å². The Morgan fingerprint density at radius 3 is 1.00 bits per heavy atom. The summed E-state index contributed by atoms with van der Waals surface area (Å²) in [5, 5.41) is 82.6. The van der Waals surface area contributed by atoms with E-state index >= 15 is 0 Å². The summed E-state index contributed by atoms with van der Waals surface area (Å²) in [7, 11) is 0. The average molecular weight is 1790 g/mol. The Balaban J connectivity index is 2.18. The Bertz CT molecular complexity index is 3140. The number of carbonyl (C=O) groups is 20. The first kappa shape index (κ1) is 110. The maximum atomic E-state index is 13.4. The van der Waals surface area contributed by atoms with Crippen LogP contribution in [0, 0.1) is 0 Å². The number of ether oxygens (including phenoxy) is 6. The summed E-state index contributed by atoms with van der Waals surface area (Å²) in [5.74, 6) is -9.52. The molecule has 123 heavy (non-hydrogen) atoms. The minimum Gasteiger partial charge on any atom is -0.481 e. The molecule has 4 atom stereocenters. The van der Waals surface area contributed by atoms with Crippen molar-refractivity contribution in [3.8, 4) is 0 Å². The Kier molecular flexibility index (Phi) is 64.9. The molecule has 0 fully saturated rings. The number of ketones is 2. The topological polar surface area (TPSA) is 677 Å². The minimum absolute atomic E-state index is 0.00477. The van der Waals surface area contributed by atoms with Crippen LogP contribution in [-0.4, -0.2) is 337 Å². The van der Waals surface area contributed by atoms with E-state index in [0.29, 0.717) is 69.8 Å². The fourth-order valence-corrected chi connectivity index (χ4v) is 11.5. The van der Waals surface area contributed by atoms with Crippen LogP contribution >= 0.6 is 23.5 Å². The van der Waals surface area contributed by atoms with Gasteiger partial charge in [-0.25, -0.2) is 38.8 Å². The van der Waals surface area contributed by atoms with Gasteiger partial charge >= 0.3 is 48.0 Å². The predicted molar refractivity (Wildman–Crippen MR) is 437 cm³/mol. The third-order valence-electron chi connectivity index (χ3n) is 16.4. The number of thioether (sulfide) groups is 2. The van der Waals surface area contributed by atoms with Gasteiger partial charge in [-0.2, -0.15) is 0 Å². The van der Waals surface area contributed by atoms with Gasteiger partial charge in [-0.05, 0) is 62.2 Å². The molecule has 1 aliphatic heterocycles. The molecule has 20 N–H and O–H groups in total. The lowest BCUT2D eigenvalue weighted by Crippen LogP contribution is -2.55. The van der Waals surface area contributed by atoms with Crippen LogP contribution in [0.2, 0.25) is 0 Å². The smallest absolute Gasteiger partial charge is 0.326 e. The van der Waals surface area contributed by atoms with Crippen LogP contribution in [0.5, 0.6) is 0 Å². The second-order valence-electron chi connectivity index (χ2n) is 26.4. The summed E-state index contributed by atoms with van der Waals surface area (Å²) >= 11 is 2.50. The van der Waals surface area contributed by atoms with Crippen molar-refractivity contribution >= 4 is 143 Å². The van der Waals surface area contributed by atoms with E-state index in [-0.39, 0.29) is 232 Å². The molecule has 16 amide bonds. The molecule has 0 unspecified atom stereocenters. The summed E-state index contributed by atoms with van der Waals surface area (Å²) in [4.78, 5) is 242. The number of amides is 16. The summed E-state index contributed by atoms with van der Waals surface area (Å²) in [6, 6.07) is -5.52. The molecule has 0 radical (unpaired) electrons. The monoisotopic (exact) mass is 1790 g/mol. The van der Waals surface area contributed by atoms with Gasteiger partial charge in [0.1, 0.15) is 36.7 Å². The molecule has 1 aliphatic rings. The molecule has 50 heteroatoms. The molecule has 0 saturated heterocycles. The zero-order chi connectivity index (χ0) is 90.9. The Morgan fingerprint density at radius 2 is 0.659 bits per heavy atom. The maximum absolute atomic E-state index is 13.4. The van der Waals surface area contributed by atoms with E-state index in [9.17, 15) is 106 Å². The van der Waals surface area contributed by atoms with Gasteiger partial charge in [-0.15, -0.1) is 23.5 Å². The van der Waals surface area contributed by atoms with E-state index in [4.69, 9.17) is 29.2 Å². The van der Waals surface area contributed by atoms with Gasteiger partial charge in [-0.3, -0.25) is 67.1 Å². The number of aliphatic carboxylic acids is 4. The molecule has 0 aliphatic carbocycles. The second-order valence-corrected chi connectivity index (χ2v) is 28.5. The number of hydrogen-bond donors (Lipinski definition) is 20. The van der Waals surface area contributed by atoms with Crippen LogP contribution in [-0.2, 0) is 105 Å². The quantitative estimate of drug-likeness (QED) is 0.0158. The lowest BCUT2D eigenvalue weighted by molar-refractivity contribution is -0.162. The fourth-order valence-electron chi connectivity index (χ4n) is 10.1. The molecular formula is C73H120N18O30S2. The van der Waals surface area contributed by atoms with E-state index in [1.165, 1.54) is 34.3 Å². The highest BCUT2D eigenvalue weighted by molar-refractivity contribution is 8.18. The number of carbonyl (C=O) groups excluding carboxylic acids is 16. The van der Waals surface area contributed by atoms with Gasteiger partial charge in [0.2, 0.25) is 35.4 Å². The average Bonchev–Trinajstić information content (AvgIpc) is 1.36. The summed E-state index contributed by atoms with van der Waals surface area (Å²) in [5.41, 5.74) is 0. The van der Waals surface area contributed by atoms with Crippen molar-refractivity contribution in [2.24, 2.45) is 0 Å². The molecule has 1 heterocycles. The number of hydrazine groups is 1. The molecular weight excluding hydrogens is 1670 g/mol. The van der Waals surface area contributed by atoms with Crippen molar-refractivity contribution < 1.29 is 145 Å². The highest BCUT2D eigenvalue weighted by Crippen LogP contribution is 2.17. The molecule has 0 saturated carbocycles. The number of carboxylic acids is 4. The third-order valence-corrected chi connectivity index (χ3v) is 18.2. The molecule has 0 bridgehead atoms. The molecule has 48 nitrogen and oxygen atoms in total. The number of unbranched alkanes of at least 4 members (excludes halogenated alkanes) is 2. The largest absolute Gasteiger partial charge is 0.481 e. The highest BCUT2D eigenvalue weighted by atomic mass is 32.2. The lowest BCUT2D eigenvalue weighted by atomic mass is 10.1. The predicted octanol–water partition coefficient (Wildman–Crippen LogP) is -3.82. The lowest BCUT2D eigenvalue weighted by Gasteiger charge is -2.32. The molecule has 0 spiro atoms. The molecule has 694 valence electrons. The third kappa shape index (κ3) is 64.4. The van der Waals surface area contributed by atoms with E-state index in [0.717, 1.165) is 22.2 Å². The van der Waals surface area contributed by atoms with Crippen molar-refractivity contribution in [3.63, 3.8) is 0 Å². The normalized spacial score (nSPS) is 13.3. The van der Waals surface area contributed by atoms with Crippen LogP contribution in [0.3, 0.4) is 0 Å². The van der Waals surface area contributed by atoms with Gasteiger partial charge in [0, 0.05) is 186 Å². The van der Waals surface area contributed by atoms with Gasteiger partial charge in [0.05, 0.1) is 52.5 Å². The van der Waals surface area contributed by atoms with Crippen LogP contribution in [0.1, 0.15) is 128 Å². The molecule has 1 rings (SSSR count). The van der Waals surface area contributed by atoms with Crippen LogP contribution in [0.4, 0.5) is 19.2 Å². The SMILES string of the molecule is O=CO[C@H](CCC(=O)O)NC(=O)N[C@@H](CCCCNC(=O)NCCOCCCC(=O)CCNCCC(=O)NCCOCCNC(=O)CCNC(=O)CN1C(=O)/C=C/SCS/C=C/C(=O)N1CC(=O)NCCC(=O)NCCOCCNC(=O)CCNCCC(=O)CCCOCCNC(=O)NCCCC[C@H](NC(=O)N[C@@H](CCC(=O)O)OC=O)C(=O)O)C(=O)O. The van der Waals surface area contributed by atoms with E-state index in [2.05, 4.69) is 94.5 Å². The van der Waals surface area contributed by atoms with Gasteiger partial charge < -0.3 is 134 Å². The number of Topliss-reactive ketones (excluding diaryl/α,β-unsaturated/α-hetero) is 2.